The highest BCUT2D eigenvalue weighted by Crippen LogP contribution is 2.38. The third kappa shape index (κ3) is 4.73. The van der Waals surface area contributed by atoms with Crippen molar-refractivity contribution in [3.8, 4) is 11.1 Å². The van der Waals surface area contributed by atoms with Crippen LogP contribution in [0.2, 0.25) is 0 Å². The number of piperidine rings is 1. The minimum absolute atomic E-state index is 0.116. The molecule has 6 heteroatoms. The van der Waals surface area contributed by atoms with E-state index in [1.807, 2.05) is 30.3 Å². The number of hydrazone groups is 1. The number of nitrogens with two attached hydrogens (primary N) is 2. The Labute approximate surface area is 202 Å². The summed E-state index contributed by atoms with van der Waals surface area (Å²) in [5.74, 6) is 5.62. The van der Waals surface area contributed by atoms with Gasteiger partial charge in [-0.25, -0.2) is 0 Å². The molecule has 0 radical (unpaired) electrons. The van der Waals surface area contributed by atoms with Crippen LogP contribution in [-0.2, 0) is 0 Å². The second-order valence-corrected chi connectivity index (χ2v) is 9.65. The first kappa shape index (κ1) is 24.0. The molecular formula is C28H37N5O. The maximum absolute atomic E-state index is 13.1. The van der Waals surface area contributed by atoms with Crippen molar-refractivity contribution in [1.82, 2.24) is 9.88 Å². The maximum atomic E-state index is 13.1. The van der Waals surface area contributed by atoms with Crippen LogP contribution in [0.15, 0.2) is 58.4 Å². The topological polar surface area (TPSA) is 100 Å². The predicted octanol–water partition coefficient (Wildman–Crippen LogP) is 5.27. The van der Waals surface area contributed by atoms with Crippen molar-refractivity contribution in [2.24, 2.45) is 16.7 Å². The van der Waals surface area contributed by atoms with Gasteiger partial charge in [-0.3, -0.25) is 9.69 Å². The van der Waals surface area contributed by atoms with Gasteiger partial charge in [-0.1, -0.05) is 56.5 Å². The number of likely N-dealkylation sites (tertiary alicyclic amines) is 1. The number of nitrogens with zero attached hydrogens (tertiary/aromatic N) is 2. The number of amidine groups is 1. The molecule has 0 bridgehead atoms. The molecule has 34 heavy (non-hydrogen) atoms. The molecule has 1 aliphatic rings. The van der Waals surface area contributed by atoms with Gasteiger partial charge in [-0.2, -0.15) is 5.10 Å². The number of aromatic nitrogens is 1. The zero-order chi connectivity index (χ0) is 24.2. The van der Waals surface area contributed by atoms with Gasteiger partial charge in [-0.05, 0) is 62.4 Å². The van der Waals surface area contributed by atoms with Gasteiger partial charge in [0.15, 0.2) is 0 Å². The molecule has 2 aromatic carbocycles. The molecule has 4 rings (SSSR count). The van der Waals surface area contributed by atoms with Crippen LogP contribution in [-0.4, -0.2) is 27.8 Å². The van der Waals surface area contributed by atoms with Gasteiger partial charge in [-0.15, -0.1) is 0 Å². The highest BCUT2D eigenvalue weighted by molar-refractivity contribution is 5.98. The standard InChI is InChI=1S/C28H37N5O/c1-4-5-15-26(33-18(2)9-6-10-19(33)3)22-13-8-14-25-24(22)17-23(28(34)31-25)20-11-7-12-21(16-20)27(29)32-30/h7-8,11-14,16-19,26H,4-6,9-10,15,30H2,1-3H3,(H2,29,32)(H,31,34). The minimum Gasteiger partial charge on any atom is -0.382 e. The average molecular weight is 460 g/mol. The first-order valence-corrected chi connectivity index (χ1v) is 12.5. The summed E-state index contributed by atoms with van der Waals surface area (Å²) in [5, 5.41) is 4.71. The number of benzene rings is 2. The van der Waals surface area contributed by atoms with Gasteiger partial charge in [0.1, 0.15) is 5.84 Å². The molecule has 0 saturated carbocycles. The lowest BCUT2D eigenvalue weighted by Gasteiger charge is -2.45. The molecular weight excluding hydrogens is 422 g/mol. The second kappa shape index (κ2) is 10.4. The smallest absolute Gasteiger partial charge is 0.256 e. The van der Waals surface area contributed by atoms with E-state index in [-0.39, 0.29) is 11.4 Å². The molecule has 180 valence electrons. The summed E-state index contributed by atoms with van der Waals surface area (Å²) in [6.45, 7) is 6.98. The van der Waals surface area contributed by atoms with Crippen molar-refractivity contribution < 1.29 is 0 Å². The van der Waals surface area contributed by atoms with E-state index in [0.29, 0.717) is 29.3 Å². The van der Waals surface area contributed by atoms with Gasteiger partial charge in [0.25, 0.3) is 5.56 Å². The summed E-state index contributed by atoms with van der Waals surface area (Å²) in [5.41, 5.74) is 10.1. The Morgan fingerprint density at radius 3 is 2.59 bits per heavy atom. The molecule has 1 fully saturated rings. The number of hydrogen-bond donors (Lipinski definition) is 3. The van der Waals surface area contributed by atoms with Crippen molar-refractivity contribution in [1.29, 1.82) is 0 Å². The van der Waals surface area contributed by atoms with E-state index in [4.69, 9.17) is 11.6 Å². The van der Waals surface area contributed by atoms with Crippen LogP contribution in [0.1, 0.15) is 76.5 Å². The van der Waals surface area contributed by atoms with Gasteiger partial charge >= 0.3 is 0 Å². The molecule has 6 nitrogen and oxygen atoms in total. The first-order chi connectivity index (χ1) is 16.4. The fraction of sp³-hybridized carbons (Fsp3) is 0.429. The van der Waals surface area contributed by atoms with Crippen LogP contribution in [0.4, 0.5) is 0 Å². The molecule has 1 aliphatic heterocycles. The molecule has 3 atom stereocenters. The summed E-state index contributed by atoms with van der Waals surface area (Å²) in [4.78, 5) is 18.9. The summed E-state index contributed by atoms with van der Waals surface area (Å²) in [7, 11) is 0. The first-order valence-electron chi connectivity index (χ1n) is 12.5. The van der Waals surface area contributed by atoms with Crippen LogP contribution in [0.3, 0.4) is 0 Å². The molecule has 0 amide bonds. The lowest BCUT2D eigenvalue weighted by atomic mass is 9.88. The maximum Gasteiger partial charge on any atom is 0.256 e. The van der Waals surface area contributed by atoms with E-state index in [1.165, 1.54) is 31.2 Å². The Balaban J connectivity index is 1.87. The van der Waals surface area contributed by atoms with Gasteiger partial charge < -0.3 is 16.6 Å². The number of hydrogen-bond acceptors (Lipinski definition) is 4. The summed E-state index contributed by atoms with van der Waals surface area (Å²) < 4.78 is 0. The van der Waals surface area contributed by atoms with E-state index >= 15 is 0 Å². The predicted molar refractivity (Wildman–Crippen MR) is 142 cm³/mol. The van der Waals surface area contributed by atoms with E-state index in [9.17, 15) is 4.79 Å². The van der Waals surface area contributed by atoms with Crippen molar-refractivity contribution in [3.63, 3.8) is 0 Å². The Hall–Kier alpha value is -3.12. The fourth-order valence-corrected chi connectivity index (χ4v) is 5.60. The van der Waals surface area contributed by atoms with Gasteiger partial charge in [0, 0.05) is 40.2 Å². The number of pyridine rings is 1. The Morgan fingerprint density at radius 2 is 1.88 bits per heavy atom. The third-order valence-corrected chi connectivity index (χ3v) is 7.34. The van der Waals surface area contributed by atoms with Gasteiger partial charge in [0.05, 0.1) is 0 Å². The number of rotatable bonds is 7. The van der Waals surface area contributed by atoms with Crippen LogP contribution < -0.4 is 17.1 Å². The van der Waals surface area contributed by atoms with E-state index < -0.39 is 0 Å². The Morgan fingerprint density at radius 1 is 1.15 bits per heavy atom. The van der Waals surface area contributed by atoms with Gasteiger partial charge in [0.2, 0.25) is 0 Å². The highest BCUT2D eigenvalue weighted by Gasteiger charge is 2.32. The fourth-order valence-electron chi connectivity index (χ4n) is 5.60. The zero-order valence-corrected chi connectivity index (χ0v) is 20.6. The largest absolute Gasteiger partial charge is 0.382 e. The Bertz CT molecular complexity index is 1220. The molecule has 2 heterocycles. The lowest BCUT2D eigenvalue weighted by Crippen LogP contribution is -2.46. The number of aromatic amines is 1. The van der Waals surface area contributed by atoms with Crippen molar-refractivity contribution in [2.45, 2.75) is 77.4 Å². The monoisotopic (exact) mass is 459 g/mol. The normalized spacial score (nSPS) is 20.5. The molecule has 0 aliphatic carbocycles. The molecule has 1 saturated heterocycles. The summed E-state index contributed by atoms with van der Waals surface area (Å²) in [6.07, 6.45) is 7.20. The second-order valence-electron chi connectivity index (χ2n) is 9.65. The molecule has 3 unspecified atom stereocenters. The van der Waals surface area contributed by atoms with Crippen LogP contribution in [0.5, 0.6) is 0 Å². The van der Waals surface area contributed by atoms with E-state index in [2.05, 4.69) is 54.0 Å². The summed E-state index contributed by atoms with van der Waals surface area (Å²) >= 11 is 0. The van der Waals surface area contributed by atoms with Crippen molar-refractivity contribution in [2.75, 3.05) is 0 Å². The SMILES string of the molecule is CCCCC(c1cccc2[nH]c(=O)c(-c3cccc(/C(N)=N\N)c3)cc12)N1C(C)CCCC1C. The van der Waals surface area contributed by atoms with E-state index in [1.54, 1.807) is 0 Å². The third-order valence-electron chi connectivity index (χ3n) is 7.34. The number of nitrogens with one attached hydrogen (secondary N) is 1. The molecule has 0 spiro atoms. The lowest BCUT2D eigenvalue weighted by molar-refractivity contribution is 0.0496. The number of unbranched alkanes of at least 4 members (excludes halogenated alkanes) is 1. The number of H-pyrrole nitrogens is 1. The summed E-state index contributed by atoms with van der Waals surface area (Å²) in [6, 6.07) is 17.3. The average Bonchev–Trinajstić information content (AvgIpc) is 2.84. The van der Waals surface area contributed by atoms with E-state index in [0.717, 1.165) is 29.3 Å². The van der Waals surface area contributed by atoms with Crippen molar-refractivity contribution in [3.05, 3.63) is 70.0 Å². The molecule has 1 aromatic heterocycles. The molecule has 3 aromatic rings. The number of fused-ring (bicyclic) bond motifs is 1. The Kier molecular flexibility index (Phi) is 7.37. The van der Waals surface area contributed by atoms with Crippen LogP contribution >= 0.6 is 0 Å². The molecule has 5 N–H and O–H groups in total. The zero-order valence-electron chi connectivity index (χ0n) is 20.6. The van der Waals surface area contributed by atoms with Crippen molar-refractivity contribution >= 4 is 16.7 Å². The quantitative estimate of drug-likeness (QED) is 0.194. The van der Waals surface area contributed by atoms with Crippen LogP contribution in [0.25, 0.3) is 22.0 Å². The van der Waals surface area contributed by atoms with Crippen LogP contribution in [0, 0.1) is 0 Å². The highest BCUT2D eigenvalue weighted by atomic mass is 16.1. The minimum atomic E-state index is -0.116.